The van der Waals surface area contributed by atoms with Gasteiger partial charge in [0, 0.05) is 71.1 Å². The Morgan fingerprint density at radius 3 is 2.71 bits per heavy atom. The Labute approximate surface area is 235 Å². The highest BCUT2D eigenvalue weighted by atomic mass is 32.2. The van der Waals surface area contributed by atoms with Crippen LogP contribution in [0.5, 0.6) is 0 Å². The van der Waals surface area contributed by atoms with E-state index in [2.05, 4.69) is 53.4 Å². The van der Waals surface area contributed by atoms with Gasteiger partial charge in [0.15, 0.2) is 5.82 Å². The molecule has 38 heavy (non-hydrogen) atoms. The lowest BCUT2D eigenvalue weighted by molar-refractivity contribution is -0.137. The van der Waals surface area contributed by atoms with Crippen LogP contribution >= 0.6 is 23.5 Å². The van der Waals surface area contributed by atoms with Crippen LogP contribution in [-0.2, 0) is 11.2 Å². The molecule has 4 heterocycles. The van der Waals surface area contributed by atoms with E-state index in [4.69, 9.17) is 15.1 Å². The Kier molecular flexibility index (Phi) is 10.9. The third-order valence-electron chi connectivity index (χ3n) is 6.57. The van der Waals surface area contributed by atoms with Gasteiger partial charge in [-0.15, -0.1) is 23.5 Å². The minimum absolute atomic E-state index is 0.264. The van der Waals surface area contributed by atoms with Gasteiger partial charge in [-0.2, -0.15) is 0 Å². The van der Waals surface area contributed by atoms with Crippen molar-refractivity contribution in [2.75, 3.05) is 18.6 Å². The normalized spacial score (nSPS) is 17.4. The Balaban J connectivity index is 1.24. The van der Waals surface area contributed by atoms with E-state index in [1.807, 2.05) is 36.8 Å². The molecule has 0 spiro atoms. The van der Waals surface area contributed by atoms with Crippen molar-refractivity contribution in [2.24, 2.45) is 9.98 Å². The van der Waals surface area contributed by atoms with Gasteiger partial charge in [-0.3, -0.25) is 4.79 Å². The highest BCUT2D eigenvalue weighted by Crippen LogP contribution is 2.33. The summed E-state index contributed by atoms with van der Waals surface area (Å²) in [6, 6.07) is 2.25. The first-order chi connectivity index (χ1) is 18.5. The molecule has 1 aromatic heterocycles. The summed E-state index contributed by atoms with van der Waals surface area (Å²) >= 11 is 3.73. The summed E-state index contributed by atoms with van der Waals surface area (Å²) in [6.45, 7) is 2.25. The SMILES string of the molecule is CCCCCCSc1cnc2c(c1)CC(/C=C/C=C1\CC3=CC(SCCCCCC(=O)O)=CN(C)C3=N1)=N2. The van der Waals surface area contributed by atoms with Crippen molar-refractivity contribution < 1.29 is 9.90 Å². The molecular weight excluding hydrogens is 512 g/mol. The maximum atomic E-state index is 10.6. The van der Waals surface area contributed by atoms with Crippen LogP contribution in [0, 0.1) is 0 Å². The Morgan fingerprint density at radius 2 is 1.89 bits per heavy atom. The molecule has 0 atom stereocenters. The Hall–Kier alpha value is -2.58. The predicted octanol–water partition coefficient (Wildman–Crippen LogP) is 7.72. The van der Waals surface area contributed by atoms with Gasteiger partial charge >= 0.3 is 5.97 Å². The van der Waals surface area contributed by atoms with E-state index in [9.17, 15) is 4.79 Å². The van der Waals surface area contributed by atoms with Gasteiger partial charge in [-0.1, -0.05) is 38.7 Å². The zero-order valence-electron chi connectivity index (χ0n) is 22.5. The maximum Gasteiger partial charge on any atom is 0.303 e. The van der Waals surface area contributed by atoms with Gasteiger partial charge in [-0.25, -0.2) is 15.0 Å². The van der Waals surface area contributed by atoms with E-state index in [1.165, 1.54) is 46.6 Å². The standard InChI is InChI=1S/C30H38N4O2S2/c1-3-4-5-8-14-37-26-18-22-16-24(32-29(22)31-20-26)11-10-12-25-17-23-19-27(21-34(2)30(23)33-25)38-15-9-6-7-13-28(35)36/h10-12,18-21H,3-9,13-17H2,1-2H3,(H,35,36)/b11-10+,25-12+. The number of carbonyl (C=O) groups is 1. The number of carboxylic acids is 1. The summed E-state index contributed by atoms with van der Waals surface area (Å²) in [7, 11) is 2.05. The van der Waals surface area contributed by atoms with Gasteiger partial charge < -0.3 is 10.0 Å². The fourth-order valence-electron chi connectivity index (χ4n) is 4.57. The Morgan fingerprint density at radius 1 is 1.08 bits per heavy atom. The maximum absolute atomic E-state index is 10.6. The van der Waals surface area contributed by atoms with Crippen molar-refractivity contribution in [1.82, 2.24) is 9.88 Å². The fraction of sp³-hybridized carbons (Fsp3) is 0.467. The number of likely N-dealkylation sites (N-methyl/N-ethyl adjacent to an activating group) is 1. The number of aliphatic imine (C=N–C) groups is 2. The molecule has 3 aliphatic rings. The monoisotopic (exact) mass is 550 g/mol. The highest BCUT2D eigenvalue weighted by molar-refractivity contribution is 8.03. The molecule has 8 heteroatoms. The predicted molar refractivity (Wildman–Crippen MR) is 162 cm³/mol. The summed E-state index contributed by atoms with van der Waals surface area (Å²) in [4.78, 5) is 29.4. The molecule has 0 bridgehead atoms. The number of rotatable bonds is 15. The van der Waals surface area contributed by atoms with E-state index in [-0.39, 0.29) is 6.42 Å². The lowest BCUT2D eigenvalue weighted by Crippen LogP contribution is -2.23. The molecule has 0 saturated carbocycles. The van der Waals surface area contributed by atoms with Crippen LogP contribution in [-0.4, -0.2) is 51.1 Å². The van der Waals surface area contributed by atoms with E-state index >= 15 is 0 Å². The molecule has 202 valence electrons. The van der Waals surface area contributed by atoms with Crippen molar-refractivity contribution in [3.05, 3.63) is 64.5 Å². The molecule has 1 N–H and O–H groups in total. The molecular formula is C30H38N4O2S2. The number of thioether (sulfide) groups is 2. The van der Waals surface area contributed by atoms with Crippen molar-refractivity contribution >= 4 is 46.9 Å². The van der Waals surface area contributed by atoms with Crippen LogP contribution < -0.4 is 0 Å². The molecule has 0 unspecified atom stereocenters. The minimum Gasteiger partial charge on any atom is -0.481 e. The number of nitrogens with zero attached hydrogens (tertiary/aromatic N) is 4. The highest BCUT2D eigenvalue weighted by Gasteiger charge is 2.24. The van der Waals surface area contributed by atoms with Crippen molar-refractivity contribution in [1.29, 1.82) is 0 Å². The smallest absolute Gasteiger partial charge is 0.303 e. The first-order valence-corrected chi connectivity index (χ1v) is 15.6. The molecule has 1 aromatic rings. The minimum atomic E-state index is -0.708. The number of hydrogen-bond donors (Lipinski definition) is 1. The zero-order valence-corrected chi connectivity index (χ0v) is 24.1. The van der Waals surface area contributed by atoms with Gasteiger partial charge in [0.2, 0.25) is 0 Å². The number of pyridine rings is 1. The van der Waals surface area contributed by atoms with Crippen LogP contribution in [0.1, 0.15) is 70.3 Å². The molecule has 4 rings (SSSR count). The molecule has 0 amide bonds. The zero-order chi connectivity index (χ0) is 26.7. The number of carboxylic acid groups (broad SMARTS) is 1. The van der Waals surface area contributed by atoms with Gasteiger partial charge in [0.25, 0.3) is 0 Å². The second-order valence-electron chi connectivity index (χ2n) is 9.84. The van der Waals surface area contributed by atoms with Crippen molar-refractivity contribution in [3.8, 4) is 0 Å². The van der Waals surface area contributed by atoms with Crippen LogP contribution in [0.25, 0.3) is 0 Å². The number of fused-ring (bicyclic) bond motifs is 2. The molecule has 3 aliphatic heterocycles. The summed E-state index contributed by atoms with van der Waals surface area (Å²) in [6.07, 6.45) is 22.4. The van der Waals surface area contributed by atoms with Crippen LogP contribution in [0.3, 0.4) is 0 Å². The molecule has 0 saturated heterocycles. The third kappa shape index (κ3) is 8.46. The first-order valence-electron chi connectivity index (χ1n) is 13.7. The summed E-state index contributed by atoms with van der Waals surface area (Å²) < 4.78 is 0. The number of allylic oxidation sites excluding steroid dienone is 5. The van der Waals surface area contributed by atoms with E-state index < -0.39 is 5.97 Å². The topological polar surface area (TPSA) is 78.1 Å². The quantitative estimate of drug-likeness (QED) is 0.178. The fourth-order valence-corrected chi connectivity index (χ4v) is 6.55. The Bertz CT molecular complexity index is 1200. The number of amidine groups is 1. The number of aromatic nitrogens is 1. The van der Waals surface area contributed by atoms with Crippen LogP contribution in [0.2, 0.25) is 0 Å². The average molecular weight is 551 g/mol. The first kappa shape index (κ1) is 28.4. The summed E-state index contributed by atoms with van der Waals surface area (Å²) in [5, 5.41) is 8.75. The van der Waals surface area contributed by atoms with Gasteiger partial charge in [-0.05, 0) is 55.1 Å². The average Bonchev–Trinajstić information content (AvgIpc) is 3.49. The third-order valence-corrected chi connectivity index (χ3v) is 8.66. The van der Waals surface area contributed by atoms with Gasteiger partial charge in [0.05, 0.1) is 0 Å². The van der Waals surface area contributed by atoms with E-state index in [1.54, 1.807) is 0 Å². The summed E-state index contributed by atoms with van der Waals surface area (Å²) in [5.74, 6) is 3.31. The largest absolute Gasteiger partial charge is 0.481 e. The number of hydrogen-bond acceptors (Lipinski definition) is 7. The lowest BCUT2D eigenvalue weighted by Gasteiger charge is -2.21. The molecule has 0 fully saturated rings. The van der Waals surface area contributed by atoms with Crippen molar-refractivity contribution in [3.63, 3.8) is 0 Å². The number of unbranched alkanes of at least 4 members (excludes halogenated alkanes) is 5. The van der Waals surface area contributed by atoms with E-state index in [0.717, 1.165) is 66.7 Å². The molecule has 0 aromatic carbocycles. The second kappa shape index (κ2) is 14.5. The van der Waals surface area contributed by atoms with Gasteiger partial charge in [0.1, 0.15) is 5.84 Å². The van der Waals surface area contributed by atoms with Crippen molar-refractivity contribution in [2.45, 2.75) is 76.0 Å². The molecule has 0 aliphatic carbocycles. The van der Waals surface area contributed by atoms with E-state index in [0.29, 0.717) is 0 Å². The van der Waals surface area contributed by atoms with Crippen LogP contribution in [0.4, 0.5) is 5.82 Å². The second-order valence-corrected chi connectivity index (χ2v) is 12.2. The summed E-state index contributed by atoms with van der Waals surface area (Å²) in [5.41, 5.74) is 4.56. The number of aliphatic carboxylic acids is 1. The molecule has 0 radical (unpaired) electrons. The van der Waals surface area contributed by atoms with Crippen LogP contribution in [0.15, 0.2) is 73.8 Å². The lowest BCUT2D eigenvalue weighted by atomic mass is 10.1. The molecule has 6 nitrogen and oxygen atoms in total.